The molecule has 33 heavy (non-hydrogen) atoms. The number of nitrogens with two attached hydrogens (primary N) is 1. The summed E-state index contributed by atoms with van der Waals surface area (Å²) >= 11 is 0. The number of benzene rings is 1. The van der Waals surface area contributed by atoms with E-state index in [1.807, 2.05) is 5.32 Å². The van der Waals surface area contributed by atoms with Gasteiger partial charge in [0.05, 0.1) is 16.8 Å². The second kappa shape index (κ2) is 8.98. The van der Waals surface area contributed by atoms with Crippen molar-refractivity contribution in [3.63, 3.8) is 0 Å². The van der Waals surface area contributed by atoms with Crippen LogP contribution in [0, 0.1) is 5.82 Å². The number of aromatic nitrogens is 2. The molecule has 0 atom stereocenters. The van der Waals surface area contributed by atoms with Gasteiger partial charge in [0.25, 0.3) is 5.91 Å². The van der Waals surface area contributed by atoms with Gasteiger partial charge >= 0.3 is 12.2 Å². The average molecular weight is 464 g/mol. The van der Waals surface area contributed by atoms with Gasteiger partial charge in [-0.05, 0) is 30.3 Å². The van der Waals surface area contributed by atoms with E-state index in [-0.39, 0.29) is 17.2 Å². The van der Waals surface area contributed by atoms with Gasteiger partial charge in [0, 0.05) is 30.4 Å². The molecule has 2 heterocycles. The fraction of sp³-hybridized carbons (Fsp3) is 0.100. The highest BCUT2D eigenvalue weighted by atomic mass is 19.4. The lowest BCUT2D eigenvalue weighted by atomic mass is 10.1. The van der Waals surface area contributed by atoms with Gasteiger partial charge in [-0.2, -0.15) is 13.2 Å². The zero-order valence-electron chi connectivity index (χ0n) is 16.8. The number of aromatic amines is 1. The number of rotatable bonds is 5. The number of amides is 4. The average Bonchev–Trinajstić information content (AvgIpc) is 3.12. The fourth-order valence-corrected chi connectivity index (χ4v) is 2.88. The van der Waals surface area contributed by atoms with E-state index in [0.717, 1.165) is 0 Å². The lowest BCUT2D eigenvalue weighted by Crippen LogP contribution is -2.21. The number of H-pyrrole nitrogens is 1. The molecule has 4 amide bonds. The third-order valence-corrected chi connectivity index (χ3v) is 4.29. The number of halogens is 4. The lowest BCUT2D eigenvalue weighted by Gasteiger charge is -2.11. The van der Waals surface area contributed by atoms with Crippen molar-refractivity contribution >= 4 is 35.2 Å². The van der Waals surface area contributed by atoms with Gasteiger partial charge in [0.2, 0.25) is 5.91 Å². The number of nitrogens with zero attached hydrogens (tertiary/aromatic N) is 1. The first-order valence-corrected chi connectivity index (χ1v) is 9.15. The van der Waals surface area contributed by atoms with E-state index >= 15 is 0 Å². The number of urea groups is 1. The second-order valence-corrected chi connectivity index (χ2v) is 6.70. The van der Waals surface area contributed by atoms with Gasteiger partial charge in [-0.3, -0.25) is 14.9 Å². The van der Waals surface area contributed by atoms with Crippen molar-refractivity contribution in [1.29, 1.82) is 0 Å². The van der Waals surface area contributed by atoms with Crippen LogP contribution in [0.5, 0.6) is 0 Å². The number of pyridine rings is 1. The summed E-state index contributed by atoms with van der Waals surface area (Å²) in [5, 5.41) is 6.69. The molecule has 2 aromatic heterocycles. The van der Waals surface area contributed by atoms with E-state index < -0.39 is 41.1 Å². The molecule has 3 aromatic rings. The fourth-order valence-electron chi connectivity index (χ4n) is 2.88. The maximum atomic E-state index is 13.8. The third kappa shape index (κ3) is 5.44. The Balaban J connectivity index is 1.76. The Labute approximate surface area is 183 Å². The molecule has 0 fully saturated rings. The number of alkyl halides is 3. The Hall–Kier alpha value is -4.42. The molecule has 13 heteroatoms. The molecule has 9 nitrogen and oxygen atoms in total. The van der Waals surface area contributed by atoms with E-state index in [4.69, 9.17) is 5.73 Å². The van der Waals surface area contributed by atoms with Gasteiger partial charge < -0.3 is 21.4 Å². The summed E-state index contributed by atoms with van der Waals surface area (Å²) in [6, 6.07) is 3.40. The molecule has 0 saturated carbocycles. The van der Waals surface area contributed by atoms with Crippen LogP contribution >= 0.6 is 0 Å². The summed E-state index contributed by atoms with van der Waals surface area (Å²) in [6.07, 6.45) is -1.99. The minimum atomic E-state index is -4.71. The number of hydrogen-bond acceptors (Lipinski definition) is 4. The van der Waals surface area contributed by atoms with Gasteiger partial charge in [0.1, 0.15) is 17.5 Å². The molecule has 3 rings (SSSR count). The van der Waals surface area contributed by atoms with E-state index in [0.29, 0.717) is 29.3 Å². The van der Waals surface area contributed by atoms with Gasteiger partial charge in [-0.15, -0.1) is 0 Å². The second-order valence-electron chi connectivity index (χ2n) is 6.70. The maximum Gasteiger partial charge on any atom is 0.416 e. The SMILES string of the molecule is CC(=O)Nc1[nH]cc(-c2ccc(NC(=O)Nc3cc(C(F)(F)F)ccc3F)nc2)c1C(N)=O. The Morgan fingerprint density at radius 1 is 1.06 bits per heavy atom. The number of hydrogen-bond donors (Lipinski definition) is 5. The first-order chi connectivity index (χ1) is 15.5. The van der Waals surface area contributed by atoms with Crippen LogP contribution in [0.1, 0.15) is 22.8 Å². The van der Waals surface area contributed by atoms with Gasteiger partial charge in [-0.1, -0.05) is 0 Å². The highest BCUT2D eigenvalue weighted by Gasteiger charge is 2.31. The summed E-state index contributed by atoms with van der Waals surface area (Å²) < 4.78 is 52.2. The molecule has 0 spiro atoms. The Bertz CT molecular complexity index is 1220. The number of nitrogens with one attached hydrogen (secondary N) is 4. The van der Waals surface area contributed by atoms with Crippen molar-refractivity contribution in [2.24, 2.45) is 5.73 Å². The first-order valence-electron chi connectivity index (χ1n) is 9.15. The van der Waals surface area contributed by atoms with Crippen LogP contribution in [0.15, 0.2) is 42.7 Å². The van der Waals surface area contributed by atoms with E-state index in [9.17, 15) is 31.9 Å². The number of anilines is 3. The monoisotopic (exact) mass is 464 g/mol. The smallest absolute Gasteiger partial charge is 0.365 e. The van der Waals surface area contributed by atoms with E-state index in [2.05, 4.69) is 20.6 Å². The van der Waals surface area contributed by atoms with Crippen molar-refractivity contribution < 1.29 is 31.9 Å². The summed E-state index contributed by atoms with van der Waals surface area (Å²) in [6.45, 7) is 1.25. The molecular weight excluding hydrogens is 448 g/mol. The molecule has 0 aliphatic heterocycles. The summed E-state index contributed by atoms with van der Waals surface area (Å²) in [5.41, 5.74) is 4.36. The zero-order chi connectivity index (χ0) is 24.3. The molecule has 172 valence electrons. The summed E-state index contributed by atoms with van der Waals surface area (Å²) in [4.78, 5) is 41.9. The van der Waals surface area contributed by atoms with Crippen molar-refractivity contribution in [2.75, 3.05) is 16.0 Å². The van der Waals surface area contributed by atoms with Gasteiger partial charge in [0.15, 0.2) is 0 Å². The quantitative estimate of drug-likeness (QED) is 0.365. The maximum absolute atomic E-state index is 13.8. The Morgan fingerprint density at radius 3 is 2.36 bits per heavy atom. The Kier molecular flexibility index (Phi) is 6.33. The minimum Gasteiger partial charge on any atom is -0.365 e. The standard InChI is InChI=1S/C20H16F4N6O3/c1-9(31)28-18-16(17(25)32)12(8-27-18)10-2-5-15(26-7-10)30-19(33)29-14-6-11(20(22,23)24)3-4-13(14)21/h2-8,27H,1H3,(H2,25,32)(H,28,31)(H2,26,29,30,33). The Morgan fingerprint density at radius 2 is 1.79 bits per heavy atom. The molecule has 0 aliphatic carbocycles. The van der Waals surface area contributed by atoms with Crippen LogP contribution in [-0.2, 0) is 11.0 Å². The van der Waals surface area contributed by atoms with E-state index in [1.165, 1.54) is 31.5 Å². The predicted octanol–water partition coefficient (Wildman–Crippen LogP) is 3.94. The van der Waals surface area contributed by atoms with Crippen LogP contribution < -0.4 is 21.7 Å². The van der Waals surface area contributed by atoms with Crippen LogP contribution in [0.25, 0.3) is 11.1 Å². The van der Waals surface area contributed by atoms with Gasteiger partial charge in [-0.25, -0.2) is 14.2 Å². The molecule has 0 radical (unpaired) electrons. The topological polar surface area (TPSA) is 142 Å². The predicted molar refractivity (Wildman–Crippen MR) is 111 cm³/mol. The van der Waals surface area contributed by atoms with Crippen molar-refractivity contribution in [3.8, 4) is 11.1 Å². The van der Waals surface area contributed by atoms with Crippen LogP contribution in [0.4, 0.5) is 39.7 Å². The molecule has 6 N–H and O–H groups in total. The molecule has 0 unspecified atom stereocenters. The highest BCUT2D eigenvalue weighted by Crippen LogP contribution is 2.32. The van der Waals surface area contributed by atoms with Crippen LogP contribution in [0.2, 0.25) is 0 Å². The summed E-state index contributed by atoms with van der Waals surface area (Å²) in [7, 11) is 0. The molecule has 0 saturated heterocycles. The number of carbonyl (C=O) groups is 3. The highest BCUT2D eigenvalue weighted by molar-refractivity contribution is 6.07. The minimum absolute atomic E-state index is 0.0121. The largest absolute Gasteiger partial charge is 0.416 e. The number of carbonyl (C=O) groups excluding carboxylic acids is 3. The van der Waals surface area contributed by atoms with Crippen molar-refractivity contribution in [2.45, 2.75) is 13.1 Å². The normalized spacial score (nSPS) is 11.1. The molecular formula is C20H16F4N6O3. The van der Waals surface area contributed by atoms with Crippen molar-refractivity contribution in [3.05, 3.63) is 59.7 Å². The summed E-state index contributed by atoms with van der Waals surface area (Å²) in [5.74, 6) is -2.19. The zero-order valence-corrected chi connectivity index (χ0v) is 16.8. The molecule has 0 aliphatic rings. The van der Waals surface area contributed by atoms with Crippen LogP contribution in [0.3, 0.4) is 0 Å². The van der Waals surface area contributed by atoms with E-state index in [1.54, 1.807) is 0 Å². The van der Waals surface area contributed by atoms with Crippen LogP contribution in [-0.4, -0.2) is 27.8 Å². The van der Waals surface area contributed by atoms with Crippen molar-refractivity contribution in [1.82, 2.24) is 9.97 Å². The lowest BCUT2D eigenvalue weighted by molar-refractivity contribution is -0.137. The first kappa shape index (κ1) is 23.2. The number of primary amides is 1. The third-order valence-electron chi connectivity index (χ3n) is 4.29. The molecule has 0 bridgehead atoms. The molecule has 1 aromatic carbocycles.